The number of hydrogen-bond acceptors (Lipinski definition) is 5. The van der Waals surface area contributed by atoms with Crippen molar-refractivity contribution in [1.82, 2.24) is 0 Å². The minimum Gasteiger partial charge on any atom is -0.496 e. The molecule has 0 saturated heterocycles. The summed E-state index contributed by atoms with van der Waals surface area (Å²) >= 11 is 0. The predicted molar refractivity (Wildman–Crippen MR) is 72.7 cm³/mol. The molecule has 0 amide bonds. The zero-order valence-electron chi connectivity index (χ0n) is 11.0. The number of rotatable bonds is 5. The lowest BCUT2D eigenvalue weighted by Gasteiger charge is -2.10. The Labute approximate surface area is 115 Å². The van der Waals surface area contributed by atoms with E-state index in [-0.39, 0.29) is 5.69 Å². The lowest BCUT2D eigenvalue weighted by Crippen LogP contribution is -1.93. The van der Waals surface area contributed by atoms with Gasteiger partial charge in [0.05, 0.1) is 19.1 Å². The Morgan fingerprint density at radius 1 is 1.05 bits per heavy atom. The minimum atomic E-state index is -0.434. The van der Waals surface area contributed by atoms with Gasteiger partial charge in [0, 0.05) is 23.8 Å². The van der Waals surface area contributed by atoms with E-state index >= 15 is 0 Å². The van der Waals surface area contributed by atoms with Gasteiger partial charge in [-0.05, 0) is 29.8 Å². The standard InChI is InChI=1S/C14H13NO5/c1-18-14-9-12(20-19-2)7-8-13(14)10-3-5-11(6-4-10)15(16)17/h3-9H,1-2H3. The van der Waals surface area contributed by atoms with E-state index in [2.05, 4.69) is 4.89 Å². The number of nitro benzene ring substituents is 1. The van der Waals surface area contributed by atoms with E-state index in [4.69, 9.17) is 9.62 Å². The zero-order valence-corrected chi connectivity index (χ0v) is 11.0. The smallest absolute Gasteiger partial charge is 0.269 e. The van der Waals surface area contributed by atoms with E-state index in [1.807, 2.05) is 0 Å². The molecule has 20 heavy (non-hydrogen) atoms. The lowest BCUT2D eigenvalue weighted by molar-refractivity contribution is -0.384. The highest BCUT2D eigenvalue weighted by Gasteiger charge is 2.10. The molecule has 6 heteroatoms. The summed E-state index contributed by atoms with van der Waals surface area (Å²) < 4.78 is 5.29. The van der Waals surface area contributed by atoms with Crippen molar-refractivity contribution in [2.24, 2.45) is 0 Å². The first-order chi connectivity index (χ1) is 9.65. The van der Waals surface area contributed by atoms with Gasteiger partial charge < -0.3 is 9.62 Å². The molecule has 0 fully saturated rings. The number of hydrogen-bond donors (Lipinski definition) is 0. The van der Waals surface area contributed by atoms with Crippen molar-refractivity contribution >= 4 is 5.69 Å². The van der Waals surface area contributed by atoms with Crippen molar-refractivity contribution < 1.29 is 19.4 Å². The highest BCUT2D eigenvalue weighted by atomic mass is 17.2. The second kappa shape index (κ2) is 6.03. The molecule has 2 aromatic carbocycles. The fourth-order valence-corrected chi connectivity index (χ4v) is 1.82. The van der Waals surface area contributed by atoms with E-state index in [1.54, 1.807) is 37.4 Å². The molecule has 0 radical (unpaired) electrons. The van der Waals surface area contributed by atoms with Crippen LogP contribution >= 0.6 is 0 Å². The van der Waals surface area contributed by atoms with Crippen molar-refractivity contribution in [2.45, 2.75) is 0 Å². The summed E-state index contributed by atoms with van der Waals surface area (Å²) in [5.74, 6) is 1.10. The summed E-state index contributed by atoms with van der Waals surface area (Å²) in [5, 5.41) is 10.6. The van der Waals surface area contributed by atoms with Gasteiger partial charge in [0.15, 0.2) is 5.75 Å². The van der Waals surface area contributed by atoms with Crippen molar-refractivity contribution in [3.8, 4) is 22.6 Å². The first-order valence-corrected chi connectivity index (χ1v) is 5.79. The van der Waals surface area contributed by atoms with Gasteiger partial charge in [-0.2, -0.15) is 4.89 Å². The molecule has 0 aliphatic heterocycles. The number of nitrogens with zero attached hydrogens (tertiary/aromatic N) is 1. The van der Waals surface area contributed by atoms with Crippen LogP contribution in [0.1, 0.15) is 0 Å². The van der Waals surface area contributed by atoms with Crippen LogP contribution < -0.4 is 9.62 Å². The zero-order chi connectivity index (χ0) is 14.5. The monoisotopic (exact) mass is 275 g/mol. The summed E-state index contributed by atoms with van der Waals surface area (Å²) in [4.78, 5) is 19.7. The summed E-state index contributed by atoms with van der Waals surface area (Å²) in [5.41, 5.74) is 1.68. The molecule has 0 bridgehead atoms. The summed E-state index contributed by atoms with van der Waals surface area (Å²) in [6.07, 6.45) is 0. The Morgan fingerprint density at radius 2 is 1.75 bits per heavy atom. The van der Waals surface area contributed by atoms with Gasteiger partial charge in [0.2, 0.25) is 0 Å². The SMILES string of the molecule is COOc1ccc(-c2ccc([N+](=O)[O-])cc2)c(OC)c1. The second-order valence-electron chi connectivity index (χ2n) is 3.92. The van der Waals surface area contributed by atoms with E-state index in [0.29, 0.717) is 11.5 Å². The maximum Gasteiger partial charge on any atom is 0.269 e. The van der Waals surface area contributed by atoms with Crippen LogP contribution in [0.5, 0.6) is 11.5 Å². The van der Waals surface area contributed by atoms with Gasteiger partial charge in [-0.3, -0.25) is 10.1 Å². The molecular formula is C14H13NO5. The van der Waals surface area contributed by atoms with Crippen LogP contribution in [0.3, 0.4) is 0 Å². The average molecular weight is 275 g/mol. The summed E-state index contributed by atoms with van der Waals surface area (Å²) in [6.45, 7) is 0. The van der Waals surface area contributed by atoms with Crippen LogP contribution in [-0.2, 0) is 4.89 Å². The van der Waals surface area contributed by atoms with Gasteiger partial charge in [0.1, 0.15) is 5.75 Å². The topological polar surface area (TPSA) is 70.8 Å². The third kappa shape index (κ3) is 2.86. The van der Waals surface area contributed by atoms with E-state index in [9.17, 15) is 10.1 Å². The van der Waals surface area contributed by atoms with Gasteiger partial charge in [-0.1, -0.05) is 0 Å². The van der Waals surface area contributed by atoms with Crippen LogP contribution in [0.15, 0.2) is 42.5 Å². The van der Waals surface area contributed by atoms with Crippen molar-refractivity contribution in [1.29, 1.82) is 0 Å². The first-order valence-electron chi connectivity index (χ1n) is 5.79. The molecule has 0 aliphatic carbocycles. The number of non-ortho nitro benzene ring substituents is 1. The average Bonchev–Trinajstić information content (AvgIpc) is 2.47. The fraction of sp³-hybridized carbons (Fsp3) is 0.143. The molecular weight excluding hydrogens is 262 g/mol. The Bertz CT molecular complexity index is 609. The molecule has 0 N–H and O–H groups in total. The fourth-order valence-electron chi connectivity index (χ4n) is 1.82. The largest absolute Gasteiger partial charge is 0.496 e. The Balaban J connectivity index is 2.38. The van der Waals surface area contributed by atoms with E-state index < -0.39 is 4.92 Å². The van der Waals surface area contributed by atoms with Gasteiger partial charge in [-0.15, -0.1) is 0 Å². The van der Waals surface area contributed by atoms with Crippen molar-refractivity contribution in [2.75, 3.05) is 14.2 Å². The molecule has 104 valence electrons. The van der Waals surface area contributed by atoms with E-state index in [1.165, 1.54) is 19.2 Å². The number of methoxy groups -OCH3 is 1. The number of benzene rings is 2. The Morgan fingerprint density at radius 3 is 2.30 bits per heavy atom. The first kappa shape index (κ1) is 13.8. The molecule has 0 atom stereocenters. The molecule has 0 spiro atoms. The molecule has 2 aromatic rings. The van der Waals surface area contributed by atoms with Gasteiger partial charge >= 0.3 is 0 Å². The van der Waals surface area contributed by atoms with Gasteiger partial charge in [0.25, 0.3) is 5.69 Å². The van der Waals surface area contributed by atoms with Crippen LogP contribution in [0.2, 0.25) is 0 Å². The van der Waals surface area contributed by atoms with Gasteiger partial charge in [-0.25, -0.2) is 0 Å². The maximum atomic E-state index is 10.6. The Kier molecular flexibility index (Phi) is 4.17. The summed E-state index contributed by atoms with van der Waals surface area (Å²) in [7, 11) is 2.96. The predicted octanol–water partition coefficient (Wildman–Crippen LogP) is 3.21. The highest BCUT2D eigenvalue weighted by molar-refractivity contribution is 5.72. The molecule has 0 heterocycles. The molecule has 2 rings (SSSR count). The summed E-state index contributed by atoms with van der Waals surface area (Å²) in [6, 6.07) is 11.5. The molecule has 6 nitrogen and oxygen atoms in total. The van der Waals surface area contributed by atoms with E-state index in [0.717, 1.165) is 11.1 Å². The molecule has 0 unspecified atom stereocenters. The number of nitro groups is 1. The molecule has 0 aliphatic rings. The quantitative estimate of drug-likeness (QED) is 0.476. The third-order valence-electron chi connectivity index (χ3n) is 2.74. The van der Waals surface area contributed by atoms with Crippen molar-refractivity contribution in [3.63, 3.8) is 0 Å². The molecule has 0 saturated carbocycles. The van der Waals surface area contributed by atoms with Crippen LogP contribution in [-0.4, -0.2) is 19.1 Å². The lowest BCUT2D eigenvalue weighted by atomic mass is 10.0. The second-order valence-corrected chi connectivity index (χ2v) is 3.92. The normalized spacial score (nSPS) is 10.1. The third-order valence-corrected chi connectivity index (χ3v) is 2.74. The van der Waals surface area contributed by atoms with Crippen molar-refractivity contribution in [3.05, 3.63) is 52.6 Å². The molecule has 0 aromatic heterocycles. The van der Waals surface area contributed by atoms with Crippen LogP contribution in [0, 0.1) is 10.1 Å². The highest BCUT2D eigenvalue weighted by Crippen LogP contribution is 2.34. The number of ether oxygens (including phenoxy) is 1. The maximum absolute atomic E-state index is 10.6. The minimum absolute atomic E-state index is 0.0482. The van der Waals surface area contributed by atoms with Crippen LogP contribution in [0.4, 0.5) is 5.69 Å². The Hall–Kier alpha value is -2.60. The van der Waals surface area contributed by atoms with Crippen LogP contribution in [0.25, 0.3) is 11.1 Å².